The number of halogens is 1. The average molecular weight is 316 g/mol. The minimum Gasteiger partial charge on any atom is -0.363 e. The van der Waals surface area contributed by atoms with Crippen molar-refractivity contribution in [2.45, 2.75) is 31.5 Å². The second-order valence-electron chi connectivity index (χ2n) is 3.78. The number of ether oxygens (including phenoxy) is 1. The molecule has 0 N–H and O–H groups in total. The van der Waals surface area contributed by atoms with Crippen molar-refractivity contribution in [2.24, 2.45) is 0 Å². The normalized spacial score (nSPS) is 26.2. The maximum Gasteiger partial charge on any atom is 0.148 e. The summed E-state index contributed by atoms with van der Waals surface area (Å²) in [4.78, 5) is 10.7. The highest BCUT2D eigenvalue weighted by molar-refractivity contribution is 14.1. The van der Waals surface area contributed by atoms with E-state index in [2.05, 4.69) is 46.9 Å². The van der Waals surface area contributed by atoms with E-state index in [1.807, 2.05) is 0 Å². The summed E-state index contributed by atoms with van der Waals surface area (Å²) in [6, 6.07) is 8.31. The Labute approximate surface area is 103 Å². The Balaban J connectivity index is 2.09. The fraction of sp³-hybridized carbons (Fsp3) is 0.417. The van der Waals surface area contributed by atoms with E-state index in [9.17, 15) is 4.79 Å². The molecule has 0 bridgehead atoms. The summed E-state index contributed by atoms with van der Waals surface area (Å²) in [5, 5.41) is 0. The number of hydrogen-bond acceptors (Lipinski definition) is 2. The maximum atomic E-state index is 10.7. The van der Waals surface area contributed by atoms with Gasteiger partial charge >= 0.3 is 0 Å². The molecule has 80 valence electrons. The Morgan fingerprint density at radius 2 is 2.00 bits per heavy atom. The lowest BCUT2D eigenvalue weighted by Crippen LogP contribution is -2.23. The molecule has 2 atom stereocenters. The van der Waals surface area contributed by atoms with E-state index in [1.165, 1.54) is 9.13 Å². The van der Waals surface area contributed by atoms with E-state index < -0.39 is 0 Å². The molecule has 1 saturated heterocycles. The van der Waals surface area contributed by atoms with Crippen molar-refractivity contribution < 1.29 is 9.53 Å². The molecule has 3 heteroatoms. The average Bonchev–Trinajstić information content (AvgIpc) is 2.30. The monoisotopic (exact) mass is 316 g/mol. The predicted molar refractivity (Wildman–Crippen MR) is 66.7 cm³/mol. The van der Waals surface area contributed by atoms with Gasteiger partial charge in [0.05, 0.1) is 6.10 Å². The zero-order chi connectivity index (χ0) is 10.7. The van der Waals surface area contributed by atoms with Gasteiger partial charge in [0.1, 0.15) is 12.4 Å². The molecular formula is C12H13IO2. The molecule has 0 radical (unpaired) electrons. The van der Waals surface area contributed by atoms with Crippen molar-refractivity contribution in [3.8, 4) is 0 Å². The molecule has 1 fully saturated rings. The van der Waals surface area contributed by atoms with Crippen molar-refractivity contribution in [2.75, 3.05) is 0 Å². The van der Waals surface area contributed by atoms with Crippen molar-refractivity contribution in [3.05, 3.63) is 33.4 Å². The van der Waals surface area contributed by atoms with Crippen LogP contribution in [0.25, 0.3) is 0 Å². The number of rotatable bonds is 2. The van der Waals surface area contributed by atoms with Gasteiger partial charge in [-0.1, -0.05) is 12.1 Å². The smallest absolute Gasteiger partial charge is 0.148 e. The highest BCUT2D eigenvalue weighted by Gasteiger charge is 2.22. The van der Waals surface area contributed by atoms with Crippen LogP contribution in [0.5, 0.6) is 0 Å². The summed E-state index contributed by atoms with van der Waals surface area (Å²) in [7, 11) is 0. The molecule has 1 heterocycles. The van der Waals surface area contributed by atoms with Gasteiger partial charge in [-0.2, -0.15) is 0 Å². The summed E-state index contributed by atoms with van der Waals surface area (Å²) in [6.45, 7) is 0. The Hall–Kier alpha value is -0.420. The summed E-state index contributed by atoms with van der Waals surface area (Å²) < 4.78 is 6.91. The van der Waals surface area contributed by atoms with E-state index in [0.29, 0.717) is 0 Å². The minimum absolute atomic E-state index is 0.103. The fourth-order valence-electron chi connectivity index (χ4n) is 1.87. The highest BCUT2D eigenvalue weighted by Crippen LogP contribution is 2.30. The van der Waals surface area contributed by atoms with E-state index >= 15 is 0 Å². The largest absolute Gasteiger partial charge is 0.363 e. The number of carbonyl (C=O) groups excluding carboxylic acids is 1. The second kappa shape index (κ2) is 5.07. The number of hydrogen-bond donors (Lipinski definition) is 0. The molecule has 1 aliphatic rings. The lowest BCUT2D eigenvalue weighted by atomic mass is 9.99. The van der Waals surface area contributed by atoms with Crippen LogP contribution >= 0.6 is 22.6 Å². The Morgan fingerprint density at radius 3 is 2.67 bits per heavy atom. The molecular weight excluding hydrogens is 303 g/mol. The van der Waals surface area contributed by atoms with Gasteiger partial charge in [-0.05, 0) is 59.5 Å². The van der Waals surface area contributed by atoms with Gasteiger partial charge in [-0.25, -0.2) is 0 Å². The van der Waals surface area contributed by atoms with E-state index in [0.717, 1.165) is 25.5 Å². The molecule has 1 aromatic carbocycles. The Morgan fingerprint density at radius 1 is 1.27 bits per heavy atom. The number of benzene rings is 1. The van der Waals surface area contributed by atoms with Crippen LogP contribution in [0, 0.1) is 3.57 Å². The van der Waals surface area contributed by atoms with Gasteiger partial charge in [-0.15, -0.1) is 0 Å². The van der Waals surface area contributed by atoms with E-state index in [-0.39, 0.29) is 12.2 Å². The molecule has 2 rings (SSSR count). The van der Waals surface area contributed by atoms with Crippen molar-refractivity contribution in [3.63, 3.8) is 0 Å². The van der Waals surface area contributed by atoms with Crippen molar-refractivity contribution in [1.29, 1.82) is 0 Å². The van der Waals surface area contributed by atoms with Crippen LogP contribution in [-0.4, -0.2) is 12.4 Å². The van der Waals surface area contributed by atoms with Gasteiger partial charge in [-0.3, -0.25) is 0 Å². The minimum atomic E-state index is -0.206. The van der Waals surface area contributed by atoms with Crippen LogP contribution < -0.4 is 0 Å². The fourth-order valence-corrected chi connectivity index (χ4v) is 2.23. The van der Waals surface area contributed by atoms with Gasteiger partial charge in [0.2, 0.25) is 0 Å². The third-order valence-corrected chi connectivity index (χ3v) is 3.41. The van der Waals surface area contributed by atoms with Crippen LogP contribution in [0.2, 0.25) is 0 Å². The highest BCUT2D eigenvalue weighted by atomic mass is 127. The van der Waals surface area contributed by atoms with Crippen LogP contribution in [0.1, 0.15) is 30.9 Å². The van der Waals surface area contributed by atoms with Gasteiger partial charge in [0, 0.05) is 3.57 Å². The molecule has 0 aromatic heterocycles. The third-order valence-electron chi connectivity index (χ3n) is 2.69. The zero-order valence-electron chi connectivity index (χ0n) is 8.36. The van der Waals surface area contributed by atoms with E-state index in [4.69, 9.17) is 4.74 Å². The first-order valence-electron chi connectivity index (χ1n) is 5.16. The lowest BCUT2D eigenvalue weighted by molar-refractivity contribution is -0.127. The second-order valence-corrected chi connectivity index (χ2v) is 5.03. The molecule has 0 aliphatic carbocycles. The summed E-state index contributed by atoms with van der Waals surface area (Å²) in [6.07, 6.45) is 3.77. The number of carbonyl (C=O) groups is 1. The molecule has 1 aliphatic heterocycles. The summed E-state index contributed by atoms with van der Waals surface area (Å²) in [5.41, 5.74) is 1.18. The van der Waals surface area contributed by atoms with Crippen LogP contribution in [0.3, 0.4) is 0 Å². The maximum absolute atomic E-state index is 10.7. The molecule has 0 spiro atoms. The quantitative estimate of drug-likeness (QED) is 0.619. The number of aldehydes is 1. The van der Waals surface area contributed by atoms with Crippen LogP contribution in [0.4, 0.5) is 0 Å². The van der Waals surface area contributed by atoms with Gasteiger partial charge in [0.15, 0.2) is 0 Å². The van der Waals surface area contributed by atoms with Crippen LogP contribution in [-0.2, 0) is 9.53 Å². The van der Waals surface area contributed by atoms with Crippen LogP contribution in [0.15, 0.2) is 24.3 Å². The van der Waals surface area contributed by atoms with Crippen molar-refractivity contribution in [1.82, 2.24) is 0 Å². The zero-order valence-corrected chi connectivity index (χ0v) is 10.5. The Bertz CT molecular complexity index is 334. The first-order valence-corrected chi connectivity index (χ1v) is 6.23. The molecule has 0 amide bonds. The first kappa shape index (κ1) is 11.1. The van der Waals surface area contributed by atoms with E-state index in [1.54, 1.807) is 0 Å². The Kier molecular flexibility index (Phi) is 3.75. The summed E-state index contributed by atoms with van der Waals surface area (Å²) >= 11 is 2.28. The molecule has 2 unspecified atom stereocenters. The topological polar surface area (TPSA) is 26.3 Å². The molecule has 0 saturated carbocycles. The third kappa shape index (κ3) is 2.78. The van der Waals surface area contributed by atoms with Gasteiger partial charge < -0.3 is 9.53 Å². The molecule has 2 nitrogen and oxygen atoms in total. The first-order chi connectivity index (χ1) is 7.29. The lowest BCUT2D eigenvalue weighted by Gasteiger charge is -2.27. The SMILES string of the molecule is O=CC1CCCC(c2ccc(I)cc2)O1. The summed E-state index contributed by atoms with van der Waals surface area (Å²) in [5.74, 6) is 0. The predicted octanol–water partition coefficient (Wildman–Crippen LogP) is 3.10. The molecule has 15 heavy (non-hydrogen) atoms. The van der Waals surface area contributed by atoms with Crippen molar-refractivity contribution >= 4 is 28.9 Å². The standard InChI is InChI=1S/C12H13IO2/c13-10-6-4-9(5-7-10)12-3-1-2-11(8-14)15-12/h4-8,11-12H,1-3H2. The molecule has 1 aromatic rings. The van der Waals surface area contributed by atoms with Gasteiger partial charge in [0.25, 0.3) is 0 Å².